The molecule has 2 aromatic heterocycles. The summed E-state index contributed by atoms with van der Waals surface area (Å²) in [5, 5.41) is 20.0. The maximum absolute atomic E-state index is 10.5. The third kappa shape index (κ3) is 10.2. The molecule has 1 aliphatic heterocycles. The van der Waals surface area contributed by atoms with Crippen LogP contribution in [0.3, 0.4) is 0 Å². The number of nitrogens with one attached hydrogen (secondary N) is 2. The van der Waals surface area contributed by atoms with Gasteiger partial charge in [-0.1, -0.05) is 0 Å². The molecule has 3 heterocycles. The molecule has 1 fully saturated rings. The van der Waals surface area contributed by atoms with Crippen LogP contribution < -0.4 is 25.3 Å². The second-order valence-corrected chi connectivity index (χ2v) is 9.65. The van der Waals surface area contributed by atoms with E-state index in [4.69, 9.17) is 10.5 Å². The van der Waals surface area contributed by atoms with E-state index in [0.29, 0.717) is 0 Å². The number of aliphatic hydroxyl groups is 2. The smallest absolute Gasteiger partial charge is 0.167 e. The summed E-state index contributed by atoms with van der Waals surface area (Å²) in [7, 11) is -5.22. The molecule has 0 amide bonds. The van der Waals surface area contributed by atoms with Gasteiger partial charge in [0.05, 0.1) is 60.0 Å². The van der Waals surface area contributed by atoms with Gasteiger partial charge in [-0.25, -0.2) is 15.0 Å². The molecule has 14 nitrogen and oxygen atoms in total. The van der Waals surface area contributed by atoms with Crippen molar-refractivity contribution in [2.45, 2.75) is 66.1 Å². The Bertz CT molecular complexity index is 930. The highest BCUT2D eigenvalue weighted by Crippen LogP contribution is 2.34. The number of ether oxygens (including phenoxy) is 1. The van der Waals surface area contributed by atoms with Crippen molar-refractivity contribution in [3.63, 3.8) is 0 Å². The van der Waals surface area contributed by atoms with Crippen LogP contribution >= 0.6 is 7.82 Å². The fraction of sp³-hybridized carbons (Fsp3) is 0.773. The van der Waals surface area contributed by atoms with Gasteiger partial charge in [-0.15, -0.1) is 0 Å². The number of nitrogen functional groups attached to an aromatic ring is 1. The van der Waals surface area contributed by atoms with Gasteiger partial charge in [0.2, 0.25) is 0 Å². The number of aliphatic hydroxyl groups excluding tert-OH is 2. The van der Waals surface area contributed by atoms with Gasteiger partial charge in [-0.3, -0.25) is 4.57 Å². The number of fused-ring (bicyclic) bond motifs is 1. The van der Waals surface area contributed by atoms with Crippen LogP contribution in [0.15, 0.2) is 12.7 Å². The highest BCUT2D eigenvalue weighted by Gasteiger charge is 2.44. The quantitative estimate of drug-likeness (QED) is 0.186. The van der Waals surface area contributed by atoms with Crippen molar-refractivity contribution in [1.82, 2.24) is 19.5 Å². The second kappa shape index (κ2) is 16.3. The van der Waals surface area contributed by atoms with Crippen LogP contribution in [0, 0.1) is 0 Å². The molecule has 0 spiro atoms. The molecule has 0 aromatic carbocycles. The summed E-state index contributed by atoms with van der Waals surface area (Å²) in [5.41, 5.74) is 6.19. The highest BCUT2D eigenvalue weighted by molar-refractivity contribution is 7.43. The van der Waals surface area contributed by atoms with Crippen molar-refractivity contribution in [3.8, 4) is 0 Å². The molecular weight excluding hydrogens is 505 g/mol. The number of hydrogen-bond acceptors (Lipinski definition) is 11. The molecule has 0 aliphatic carbocycles. The lowest BCUT2D eigenvalue weighted by molar-refractivity contribution is -0.894. The van der Waals surface area contributed by atoms with Gasteiger partial charge in [0, 0.05) is 0 Å². The Morgan fingerprint density at radius 1 is 0.973 bits per heavy atom. The van der Waals surface area contributed by atoms with Gasteiger partial charge in [0.1, 0.15) is 30.2 Å². The summed E-state index contributed by atoms with van der Waals surface area (Å²) < 4.78 is 21.3. The monoisotopic (exact) mass is 549 g/mol. The molecule has 0 bridgehead atoms. The number of anilines is 1. The number of hydrogen-bond donors (Lipinski definition) is 5. The Balaban J connectivity index is 0.000000404. The van der Waals surface area contributed by atoms with E-state index in [1.54, 1.807) is 9.80 Å². The molecule has 4 atom stereocenters. The SMILES string of the molecule is CC[NH+](CC)CC.CC[NH+](CC)CC.Nc1ncnc2c1ncn2[C@@H]1O[C@H](COP(=O)([O-])[O-])[C@@H](O)[C@H]1O. The normalized spacial score (nSPS) is 21.6. The summed E-state index contributed by atoms with van der Waals surface area (Å²) in [6.45, 7) is 20.3. The van der Waals surface area contributed by atoms with Crippen LogP contribution in [0.25, 0.3) is 11.2 Å². The second-order valence-electron chi connectivity index (χ2n) is 8.49. The van der Waals surface area contributed by atoms with Gasteiger partial charge < -0.3 is 49.4 Å². The number of rotatable bonds is 10. The summed E-state index contributed by atoms with van der Waals surface area (Å²) in [4.78, 5) is 36.1. The molecule has 1 aliphatic rings. The standard InChI is InChI=1S/C10H14N5O7P.2C6H15N/c11-8-5-9(13-2-12-8)15(3-14-5)10-7(17)6(16)4(22-10)1-21-23(18,19)20;2*1-4-7(5-2)6-3/h2-4,6-7,10,16-17H,1H2,(H2,11,12,13)(H2,18,19,20);2*4-6H2,1-3H3/t4-,6-,7-,10-;;/m1../s1. The Morgan fingerprint density at radius 2 is 1.49 bits per heavy atom. The molecule has 3 rings (SSSR count). The molecule has 15 heteroatoms. The summed E-state index contributed by atoms with van der Waals surface area (Å²) >= 11 is 0. The van der Waals surface area contributed by atoms with Crippen molar-refractivity contribution in [1.29, 1.82) is 0 Å². The Labute approximate surface area is 218 Å². The predicted octanol–water partition coefficient (Wildman–Crippen LogP) is -3.26. The van der Waals surface area contributed by atoms with Crippen LogP contribution in [-0.2, 0) is 13.8 Å². The van der Waals surface area contributed by atoms with E-state index in [1.807, 2.05) is 0 Å². The number of quaternary nitrogens is 2. The molecular formula is C22H44N7O7P. The van der Waals surface area contributed by atoms with Gasteiger partial charge in [-0.2, -0.15) is 0 Å². The van der Waals surface area contributed by atoms with Crippen LogP contribution in [0.2, 0.25) is 0 Å². The van der Waals surface area contributed by atoms with E-state index in [2.05, 4.69) is 61.0 Å². The minimum Gasteiger partial charge on any atom is -0.790 e. The third-order valence-corrected chi connectivity index (χ3v) is 6.86. The number of phosphoric ester groups is 1. The van der Waals surface area contributed by atoms with Crippen LogP contribution in [-0.4, -0.2) is 93.9 Å². The van der Waals surface area contributed by atoms with Crippen molar-refractivity contribution in [2.24, 2.45) is 0 Å². The zero-order valence-corrected chi connectivity index (χ0v) is 23.6. The lowest BCUT2D eigenvalue weighted by Crippen LogP contribution is -3.11. The van der Waals surface area contributed by atoms with Crippen LogP contribution in [0.5, 0.6) is 0 Å². The fourth-order valence-corrected chi connectivity index (χ4v) is 4.15. The summed E-state index contributed by atoms with van der Waals surface area (Å²) in [6, 6.07) is 0. The van der Waals surface area contributed by atoms with E-state index >= 15 is 0 Å². The molecule has 0 radical (unpaired) electrons. The van der Waals surface area contributed by atoms with Gasteiger partial charge >= 0.3 is 0 Å². The summed E-state index contributed by atoms with van der Waals surface area (Å²) in [5.74, 6) is 0.125. The van der Waals surface area contributed by atoms with E-state index in [9.17, 15) is 24.6 Å². The summed E-state index contributed by atoms with van der Waals surface area (Å²) in [6.07, 6.45) is -2.75. The predicted molar refractivity (Wildman–Crippen MR) is 134 cm³/mol. The molecule has 214 valence electrons. The number of phosphoric acid groups is 1. The average Bonchev–Trinajstić information content (AvgIpc) is 3.42. The number of nitrogens with two attached hydrogens (primary N) is 1. The van der Waals surface area contributed by atoms with E-state index < -0.39 is 39.0 Å². The minimum absolute atomic E-state index is 0.125. The molecule has 0 unspecified atom stereocenters. The molecule has 37 heavy (non-hydrogen) atoms. The first kappa shape index (κ1) is 33.3. The highest BCUT2D eigenvalue weighted by atomic mass is 31.2. The average molecular weight is 550 g/mol. The topological polar surface area (TPSA) is 201 Å². The van der Waals surface area contributed by atoms with Crippen molar-refractivity contribution in [2.75, 3.05) is 51.6 Å². The minimum atomic E-state index is -5.22. The van der Waals surface area contributed by atoms with Gasteiger partial charge in [0.25, 0.3) is 0 Å². The number of nitrogens with zero attached hydrogens (tertiary/aromatic N) is 4. The van der Waals surface area contributed by atoms with E-state index in [1.165, 1.54) is 56.5 Å². The maximum atomic E-state index is 10.5. The van der Waals surface area contributed by atoms with Gasteiger partial charge in [0.15, 0.2) is 17.7 Å². The zero-order valence-electron chi connectivity index (χ0n) is 22.7. The number of aromatic nitrogens is 4. The van der Waals surface area contributed by atoms with Crippen molar-refractivity contribution >= 4 is 24.8 Å². The lowest BCUT2D eigenvalue weighted by atomic mass is 10.1. The maximum Gasteiger partial charge on any atom is 0.167 e. The third-order valence-electron chi connectivity index (χ3n) is 6.40. The van der Waals surface area contributed by atoms with Crippen LogP contribution in [0.4, 0.5) is 5.82 Å². The van der Waals surface area contributed by atoms with E-state index in [-0.39, 0.29) is 17.0 Å². The Kier molecular flexibility index (Phi) is 14.6. The fourth-order valence-electron chi connectivity index (χ4n) is 3.82. The van der Waals surface area contributed by atoms with E-state index in [0.717, 1.165) is 0 Å². The molecule has 1 saturated heterocycles. The first-order chi connectivity index (χ1) is 17.5. The zero-order chi connectivity index (χ0) is 28.2. The van der Waals surface area contributed by atoms with Crippen LogP contribution in [0.1, 0.15) is 47.8 Å². The first-order valence-electron chi connectivity index (χ1n) is 12.8. The molecule has 6 N–H and O–H groups in total. The number of imidazole rings is 1. The Morgan fingerprint density at radius 3 is 1.92 bits per heavy atom. The largest absolute Gasteiger partial charge is 0.790 e. The lowest BCUT2D eigenvalue weighted by Gasteiger charge is -2.30. The molecule has 2 aromatic rings. The van der Waals surface area contributed by atoms with Crippen molar-refractivity contribution < 1.29 is 43.6 Å². The van der Waals surface area contributed by atoms with Crippen molar-refractivity contribution in [3.05, 3.63) is 12.7 Å². The van der Waals surface area contributed by atoms with Gasteiger partial charge in [-0.05, 0) is 41.5 Å². The molecule has 0 saturated carbocycles. The first-order valence-corrected chi connectivity index (χ1v) is 14.2. The Hall–Kier alpha value is -1.74.